The van der Waals surface area contributed by atoms with Crippen LogP contribution in [0.2, 0.25) is 0 Å². The van der Waals surface area contributed by atoms with Crippen LogP contribution in [0.3, 0.4) is 0 Å². The number of alkyl halides is 1. The number of benzene rings is 2. The number of sulfone groups is 1. The van der Waals surface area contributed by atoms with Crippen molar-refractivity contribution in [2.45, 2.75) is 17.7 Å². The smallest absolute Gasteiger partial charge is 0.175 e. The minimum atomic E-state index is -3.18. The first kappa shape index (κ1) is 14.9. The van der Waals surface area contributed by atoms with Gasteiger partial charge in [0.25, 0.3) is 0 Å². The van der Waals surface area contributed by atoms with E-state index in [0.717, 1.165) is 16.9 Å². The van der Waals surface area contributed by atoms with E-state index in [1.165, 1.54) is 18.4 Å². The van der Waals surface area contributed by atoms with E-state index in [-0.39, 0.29) is 4.90 Å². The molecule has 0 atom stereocenters. The number of rotatable bonds is 4. The first-order valence-electron chi connectivity index (χ1n) is 6.03. The van der Waals surface area contributed by atoms with Crippen LogP contribution in [0, 0.1) is 6.92 Å². The quantitative estimate of drug-likeness (QED) is 0.804. The molecule has 5 heteroatoms. The fourth-order valence-corrected chi connectivity index (χ4v) is 2.52. The Labute approximate surface area is 124 Å². The Balaban J connectivity index is 2.26. The highest BCUT2D eigenvalue weighted by molar-refractivity contribution is 7.90. The van der Waals surface area contributed by atoms with Crippen LogP contribution in [-0.2, 0) is 15.7 Å². The standard InChI is InChI=1S/C15H15ClO3S/c1-11-3-4-12(10-16)9-15(11)19-13-5-7-14(8-6-13)20(2,17)18/h3-9H,10H2,1-2H3. The SMILES string of the molecule is Cc1ccc(CCl)cc1Oc1ccc(S(C)(=O)=O)cc1. The zero-order chi connectivity index (χ0) is 14.8. The third kappa shape index (κ3) is 3.52. The van der Waals surface area contributed by atoms with Crippen molar-refractivity contribution in [1.29, 1.82) is 0 Å². The molecule has 0 saturated carbocycles. The van der Waals surface area contributed by atoms with Gasteiger partial charge in [0.2, 0.25) is 0 Å². The lowest BCUT2D eigenvalue weighted by Gasteiger charge is -2.10. The zero-order valence-corrected chi connectivity index (χ0v) is 12.8. The molecule has 0 N–H and O–H groups in total. The average Bonchev–Trinajstić information content (AvgIpc) is 2.41. The first-order valence-corrected chi connectivity index (χ1v) is 8.46. The van der Waals surface area contributed by atoms with Crippen molar-refractivity contribution in [3.8, 4) is 11.5 Å². The van der Waals surface area contributed by atoms with Gasteiger partial charge < -0.3 is 4.74 Å². The van der Waals surface area contributed by atoms with Gasteiger partial charge >= 0.3 is 0 Å². The monoisotopic (exact) mass is 310 g/mol. The summed E-state index contributed by atoms with van der Waals surface area (Å²) < 4.78 is 28.5. The van der Waals surface area contributed by atoms with Gasteiger partial charge in [-0.25, -0.2) is 8.42 Å². The van der Waals surface area contributed by atoms with Crippen molar-refractivity contribution in [2.75, 3.05) is 6.26 Å². The molecule has 0 fully saturated rings. The van der Waals surface area contributed by atoms with Gasteiger partial charge in [-0.2, -0.15) is 0 Å². The Hall–Kier alpha value is -1.52. The molecular weight excluding hydrogens is 296 g/mol. The molecule has 0 aliphatic carbocycles. The molecule has 0 unspecified atom stereocenters. The molecule has 2 rings (SSSR count). The Morgan fingerprint density at radius 1 is 1.10 bits per heavy atom. The van der Waals surface area contributed by atoms with Crippen LogP contribution in [0.4, 0.5) is 0 Å². The Morgan fingerprint density at radius 2 is 1.75 bits per heavy atom. The van der Waals surface area contributed by atoms with Crippen LogP contribution in [0.1, 0.15) is 11.1 Å². The van der Waals surface area contributed by atoms with E-state index in [1.54, 1.807) is 12.1 Å². The van der Waals surface area contributed by atoms with E-state index in [1.807, 2.05) is 25.1 Å². The topological polar surface area (TPSA) is 43.4 Å². The van der Waals surface area contributed by atoms with Crippen LogP contribution in [-0.4, -0.2) is 14.7 Å². The Kier molecular flexibility index (Phi) is 4.35. The summed E-state index contributed by atoms with van der Waals surface area (Å²) in [7, 11) is -3.18. The fraction of sp³-hybridized carbons (Fsp3) is 0.200. The third-order valence-electron chi connectivity index (χ3n) is 2.89. The maximum Gasteiger partial charge on any atom is 0.175 e. The van der Waals surface area contributed by atoms with Gasteiger partial charge in [-0.1, -0.05) is 12.1 Å². The van der Waals surface area contributed by atoms with Crippen molar-refractivity contribution in [1.82, 2.24) is 0 Å². The second-order valence-corrected chi connectivity index (χ2v) is 6.86. The third-order valence-corrected chi connectivity index (χ3v) is 4.32. The Bertz CT molecular complexity index is 706. The molecule has 20 heavy (non-hydrogen) atoms. The number of aryl methyl sites for hydroxylation is 1. The summed E-state index contributed by atoms with van der Waals surface area (Å²) in [6, 6.07) is 12.1. The van der Waals surface area contributed by atoms with Gasteiger partial charge in [0.05, 0.1) is 4.90 Å². The lowest BCUT2D eigenvalue weighted by atomic mass is 10.1. The minimum Gasteiger partial charge on any atom is -0.457 e. The van der Waals surface area contributed by atoms with E-state index in [4.69, 9.17) is 16.3 Å². The molecule has 2 aromatic rings. The van der Waals surface area contributed by atoms with Gasteiger partial charge in [-0.05, 0) is 48.4 Å². The van der Waals surface area contributed by atoms with Crippen LogP contribution in [0.25, 0.3) is 0 Å². The summed E-state index contributed by atoms with van der Waals surface area (Å²) in [6.45, 7) is 1.94. The van der Waals surface area contributed by atoms with Crippen molar-refractivity contribution < 1.29 is 13.2 Å². The van der Waals surface area contributed by atoms with Crippen LogP contribution in [0.5, 0.6) is 11.5 Å². The highest BCUT2D eigenvalue weighted by atomic mass is 35.5. The molecule has 0 amide bonds. The van der Waals surface area contributed by atoms with Crippen LogP contribution >= 0.6 is 11.6 Å². The Morgan fingerprint density at radius 3 is 2.30 bits per heavy atom. The highest BCUT2D eigenvalue weighted by Crippen LogP contribution is 2.27. The normalized spacial score (nSPS) is 11.3. The molecule has 0 aromatic heterocycles. The first-order chi connectivity index (χ1) is 9.40. The number of hydrogen-bond donors (Lipinski definition) is 0. The second-order valence-electron chi connectivity index (χ2n) is 4.58. The molecule has 106 valence electrons. The largest absolute Gasteiger partial charge is 0.457 e. The van der Waals surface area contributed by atoms with Gasteiger partial charge in [0.15, 0.2) is 9.84 Å². The van der Waals surface area contributed by atoms with Crippen molar-refractivity contribution in [3.05, 3.63) is 53.6 Å². The number of hydrogen-bond acceptors (Lipinski definition) is 3. The molecule has 0 aliphatic heterocycles. The molecule has 0 radical (unpaired) electrons. The molecule has 0 spiro atoms. The van der Waals surface area contributed by atoms with Gasteiger partial charge in [0.1, 0.15) is 11.5 Å². The van der Waals surface area contributed by atoms with Gasteiger partial charge in [-0.15, -0.1) is 11.6 Å². The van der Waals surface area contributed by atoms with Gasteiger partial charge in [0, 0.05) is 12.1 Å². The zero-order valence-electron chi connectivity index (χ0n) is 11.3. The lowest BCUT2D eigenvalue weighted by Crippen LogP contribution is -1.96. The lowest BCUT2D eigenvalue weighted by molar-refractivity contribution is 0.478. The molecule has 2 aromatic carbocycles. The van der Waals surface area contributed by atoms with Gasteiger partial charge in [-0.3, -0.25) is 0 Å². The molecule has 3 nitrogen and oxygen atoms in total. The maximum absolute atomic E-state index is 11.4. The highest BCUT2D eigenvalue weighted by Gasteiger charge is 2.08. The average molecular weight is 311 g/mol. The molecule has 0 bridgehead atoms. The summed E-state index contributed by atoms with van der Waals surface area (Å²) in [5.74, 6) is 1.73. The van der Waals surface area contributed by atoms with Crippen molar-refractivity contribution in [3.63, 3.8) is 0 Å². The summed E-state index contributed by atoms with van der Waals surface area (Å²) in [6.07, 6.45) is 1.18. The van der Waals surface area contributed by atoms with E-state index in [0.29, 0.717) is 11.6 Å². The van der Waals surface area contributed by atoms with E-state index >= 15 is 0 Å². The molecular formula is C15H15ClO3S. The summed E-state index contributed by atoms with van der Waals surface area (Å²) in [5.41, 5.74) is 1.96. The number of halogens is 1. The summed E-state index contributed by atoms with van der Waals surface area (Å²) in [4.78, 5) is 0.274. The summed E-state index contributed by atoms with van der Waals surface area (Å²) in [5, 5.41) is 0. The molecule has 0 aliphatic rings. The fourth-order valence-electron chi connectivity index (χ4n) is 1.72. The van der Waals surface area contributed by atoms with E-state index in [2.05, 4.69) is 0 Å². The number of ether oxygens (including phenoxy) is 1. The second kappa shape index (κ2) is 5.85. The van der Waals surface area contributed by atoms with E-state index in [9.17, 15) is 8.42 Å². The van der Waals surface area contributed by atoms with Crippen LogP contribution < -0.4 is 4.74 Å². The predicted molar refractivity (Wildman–Crippen MR) is 80.4 cm³/mol. The van der Waals surface area contributed by atoms with Crippen molar-refractivity contribution in [2.24, 2.45) is 0 Å². The molecule has 0 heterocycles. The maximum atomic E-state index is 11.4. The van der Waals surface area contributed by atoms with Crippen LogP contribution in [0.15, 0.2) is 47.4 Å². The predicted octanol–water partition coefficient (Wildman–Crippen LogP) is 3.93. The molecule has 0 saturated heterocycles. The minimum absolute atomic E-state index is 0.274. The summed E-state index contributed by atoms with van der Waals surface area (Å²) >= 11 is 5.80. The van der Waals surface area contributed by atoms with E-state index < -0.39 is 9.84 Å². The van der Waals surface area contributed by atoms with Crippen molar-refractivity contribution >= 4 is 21.4 Å².